The van der Waals surface area contributed by atoms with Gasteiger partial charge in [0.05, 0.1) is 18.8 Å². The Morgan fingerprint density at radius 1 is 1.39 bits per heavy atom. The number of hydrogen-bond acceptors (Lipinski definition) is 4. The minimum atomic E-state index is -0.143. The summed E-state index contributed by atoms with van der Waals surface area (Å²) < 4.78 is 11.0. The molecular weight excluding hydrogens is 316 g/mol. The van der Waals surface area contributed by atoms with Crippen molar-refractivity contribution >= 4 is 17.5 Å². The lowest BCUT2D eigenvalue weighted by Gasteiger charge is -2.33. The number of nitrogens with zero attached hydrogens (tertiary/aromatic N) is 2. The summed E-state index contributed by atoms with van der Waals surface area (Å²) in [7, 11) is 0. The van der Waals surface area contributed by atoms with E-state index in [0.717, 1.165) is 5.56 Å². The van der Waals surface area contributed by atoms with Gasteiger partial charge < -0.3 is 14.2 Å². The number of carbonyl (C=O) groups is 1. The molecule has 1 amide bonds. The van der Waals surface area contributed by atoms with Crippen LogP contribution in [0.25, 0.3) is 0 Å². The van der Waals surface area contributed by atoms with E-state index in [2.05, 4.69) is 5.16 Å². The summed E-state index contributed by atoms with van der Waals surface area (Å²) in [6.45, 7) is 5.32. The van der Waals surface area contributed by atoms with Crippen LogP contribution in [0, 0.1) is 6.92 Å². The van der Waals surface area contributed by atoms with Crippen molar-refractivity contribution in [3.63, 3.8) is 0 Å². The third-order valence-electron chi connectivity index (χ3n) is 4.08. The number of halogens is 1. The Balaban J connectivity index is 1.79. The molecule has 2 heterocycles. The van der Waals surface area contributed by atoms with E-state index in [0.29, 0.717) is 48.2 Å². The lowest BCUT2D eigenvalue weighted by atomic mass is 10.1. The highest BCUT2D eigenvalue weighted by molar-refractivity contribution is 6.30. The molecule has 0 bridgehead atoms. The number of aromatic nitrogens is 1. The molecule has 5 nitrogen and oxygen atoms in total. The third kappa shape index (κ3) is 3.26. The zero-order valence-electron chi connectivity index (χ0n) is 13.2. The highest BCUT2D eigenvalue weighted by Gasteiger charge is 2.29. The average molecular weight is 335 g/mol. The van der Waals surface area contributed by atoms with Crippen molar-refractivity contribution in [2.45, 2.75) is 26.4 Å². The zero-order valence-corrected chi connectivity index (χ0v) is 14.0. The number of aryl methyl sites for hydroxylation is 2. The Bertz CT molecular complexity index is 696. The Morgan fingerprint density at radius 3 is 2.83 bits per heavy atom. The first-order valence-corrected chi connectivity index (χ1v) is 8.09. The van der Waals surface area contributed by atoms with Gasteiger partial charge in [0.25, 0.3) is 5.91 Å². The monoisotopic (exact) mass is 334 g/mol. The average Bonchev–Trinajstić information content (AvgIpc) is 2.95. The maximum absolute atomic E-state index is 12.8. The Kier molecular flexibility index (Phi) is 4.68. The lowest BCUT2D eigenvalue weighted by Crippen LogP contribution is -2.42. The van der Waals surface area contributed by atoms with E-state index < -0.39 is 0 Å². The van der Waals surface area contributed by atoms with Gasteiger partial charge in [-0.3, -0.25) is 4.79 Å². The molecule has 1 aliphatic rings. The molecule has 6 heteroatoms. The Hall–Kier alpha value is -1.85. The minimum Gasteiger partial charge on any atom is -0.370 e. The fraction of sp³-hybridized carbons (Fsp3) is 0.412. The third-order valence-corrected chi connectivity index (χ3v) is 4.33. The van der Waals surface area contributed by atoms with E-state index in [1.54, 1.807) is 6.92 Å². The standard InChI is InChI=1S/C17H19ClN2O3/c1-3-14-16(11(2)23-19-14)17(21)20-8-9-22-15(10-20)12-4-6-13(18)7-5-12/h4-7,15H,3,8-10H2,1-2H3/t15-/m1/s1. The molecule has 1 saturated heterocycles. The van der Waals surface area contributed by atoms with E-state index >= 15 is 0 Å². The van der Waals surface area contributed by atoms with Crippen molar-refractivity contribution in [3.05, 3.63) is 51.9 Å². The highest BCUT2D eigenvalue weighted by atomic mass is 35.5. The van der Waals surface area contributed by atoms with Crippen LogP contribution in [-0.2, 0) is 11.2 Å². The highest BCUT2D eigenvalue weighted by Crippen LogP contribution is 2.26. The summed E-state index contributed by atoms with van der Waals surface area (Å²) in [5.74, 6) is 0.532. The largest absolute Gasteiger partial charge is 0.370 e. The molecule has 1 aliphatic heterocycles. The molecule has 0 N–H and O–H groups in total. The lowest BCUT2D eigenvalue weighted by molar-refractivity contribution is -0.0229. The first-order chi connectivity index (χ1) is 11.1. The van der Waals surface area contributed by atoms with Crippen LogP contribution in [0.1, 0.15) is 40.4 Å². The number of rotatable bonds is 3. The van der Waals surface area contributed by atoms with E-state index in [9.17, 15) is 4.79 Å². The Morgan fingerprint density at radius 2 is 2.13 bits per heavy atom. The summed E-state index contributed by atoms with van der Waals surface area (Å²) in [4.78, 5) is 14.6. The molecule has 1 atom stereocenters. The predicted molar refractivity (Wildman–Crippen MR) is 86.7 cm³/mol. The summed E-state index contributed by atoms with van der Waals surface area (Å²) in [5, 5.41) is 4.65. The molecule has 3 rings (SSSR count). The normalized spacial score (nSPS) is 18.2. The predicted octanol–water partition coefficient (Wildman–Crippen LogP) is 3.41. The molecule has 1 fully saturated rings. The second-order valence-electron chi connectivity index (χ2n) is 5.58. The molecule has 122 valence electrons. The van der Waals surface area contributed by atoms with E-state index in [1.165, 1.54) is 0 Å². The second kappa shape index (κ2) is 6.72. The van der Waals surface area contributed by atoms with Crippen LogP contribution in [0.15, 0.2) is 28.8 Å². The van der Waals surface area contributed by atoms with Crippen molar-refractivity contribution < 1.29 is 14.1 Å². The second-order valence-corrected chi connectivity index (χ2v) is 6.01. The van der Waals surface area contributed by atoms with E-state index in [-0.39, 0.29) is 12.0 Å². The van der Waals surface area contributed by atoms with Crippen molar-refractivity contribution in [1.82, 2.24) is 10.1 Å². The van der Waals surface area contributed by atoms with Gasteiger partial charge in [-0.25, -0.2) is 0 Å². The number of amides is 1. The quantitative estimate of drug-likeness (QED) is 0.863. The van der Waals surface area contributed by atoms with Gasteiger partial charge in [0, 0.05) is 11.6 Å². The molecule has 0 radical (unpaired) electrons. The van der Waals surface area contributed by atoms with Gasteiger partial charge in [-0.2, -0.15) is 0 Å². The molecule has 23 heavy (non-hydrogen) atoms. The van der Waals surface area contributed by atoms with E-state index in [4.69, 9.17) is 20.9 Å². The summed E-state index contributed by atoms with van der Waals surface area (Å²) in [6, 6.07) is 7.53. The number of hydrogen-bond donors (Lipinski definition) is 0. The summed E-state index contributed by atoms with van der Waals surface area (Å²) in [5.41, 5.74) is 2.32. The van der Waals surface area contributed by atoms with Crippen LogP contribution in [0.2, 0.25) is 5.02 Å². The molecule has 0 unspecified atom stereocenters. The molecular formula is C17H19ClN2O3. The van der Waals surface area contributed by atoms with Gasteiger partial charge in [-0.15, -0.1) is 0 Å². The maximum atomic E-state index is 12.8. The molecule has 1 aromatic carbocycles. The molecule has 0 spiro atoms. The van der Waals surface area contributed by atoms with Crippen LogP contribution in [0.4, 0.5) is 0 Å². The molecule has 0 saturated carbocycles. The molecule has 0 aliphatic carbocycles. The molecule has 2 aromatic rings. The van der Waals surface area contributed by atoms with Crippen LogP contribution in [0.3, 0.4) is 0 Å². The number of carbonyl (C=O) groups excluding carboxylic acids is 1. The topological polar surface area (TPSA) is 55.6 Å². The van der Waals surface area contributed by atoms with E-state index in [1.807, 2.05) is 36.1 Å². The first kappa shape index (κ1) is 16.0. The number of morpholine rings is 1. The molecule has 1 aromatic heterocycles. The fourth-order valence-electron chi connectivity index (χ4n) is 2.80. The van der Waals surface area contributed by atoms with Crippen LogP contribution >= 0.6 is 11.6 Å². The summed E-state index contributed by atoms with van der Waals surface area (Å²) in [6.07, 6.45) is 0.527. The van der Waals surface area contributed by atoms with Gasteiger partial charge in [-0.05, 0) is 31.0 Å². The smallest absolute Gasteiger partial charge is 0.259 e. The van der Waals surface area contributed by atoms with Gasteiger partial charge in [0.15, 0.2) is 0 Å². The maximum Gasteiger partial charge on any atom is 0.259 e. The van der Waals surface area contributed by atoms with Crippen LogP contribution in [-0.4, -0.2) is 35.7 Å². The van der Waals surface area contributed by atoms with Crippen molar-refractivity contribution in [2.75, 3.05) is 19.7 Å². The van der Waals surface area contributed by atoms with Crippen molar-refractivity contribution in [1.29, 1.82) is 0 Å². The van der Waals surface area contributed by atoms with Crippen molar-refractivity contribution in [3.8, 4) is 0 Å². The fourth-order valence-corrected chi connectivity index (χ4v) is 2.93. The van der Waals surface area contributed by atoms with Gasteiger partial charge in [-0.1, -0.05) is 35.8 Å². The van der Waals surface area contributed by atoms with Gasteiger partial charge in [0.2, 0.25) is 0 Å². The van der Waals surface area contributed by atoms with Crippen LogP contribution in [0.5, 0.6) is 0 Å². The van der Waals surface area contributed by atoms with Crippen LogP contribution < -0.4 is 0 Å². The minimum absolute atomic E-state index is 0.0390. The number of ether oxygens (including phenoxy) is 1. The zero-order chi connectivity index (χ0) is 16.4. The SMILES string of the molecule is CCc1noc(C)c1C(=O)N1CCO[C@@H](c2ccc(Cl)cc2)C1. The number of benzene rings is 1. The van der Waals surface area contributed by atoms with Crippen molar-refractivity contribution in [2.24, 2.45) is 0 Å². The van der Waals surface area contributed by atoms with Gasteiger partial charge >= 0.3 is 0 Å². The first-order valence-electron chi connectivity index (χ1n) is 7.71. The van der Waals surface area contributed by atoms with Gasteiger partial charge in [0.1, 0.15) is 17.4 Å². The Labute approximate surface area is 140 Å². The summed E-state index contributed by atoms with van der Waals surface area (Å²) >= 11 is 5.93.